The number of likely N-dealkylation sites (tertiary alicyclic amines) is 1. The van der Waals surface area contributed by atoms with Crippen molar-refractivity contribution >= 4 is 17.9 Å². The number of carboxylic acid groups (broad SMARTS) is 1. The molecule has 0 aromatic heterocycles. The molecule has 0 aliphatic carbocycles. The van der Waals surface area contributed by atoms with E-state index in [2.05, 4.69) is 22.5 Å². The number of primary amides is 1. The van der Waals surface area contributed by atoms with E-state index in [1.807, 2.05) is 0 Å². The highest BCUT2D eigenvalue weighted by Gasteiger charge is 2.24. The van der Waals surface area contributed by atoms with E-state index < -0.39 is 30.4 Å². The molecular weight excluding hydrogens is 276 g/mol. The molecule has 1 saturated heterocycles. The Morgan fingerprint density at radius 2 is 1.95 bits per heavy atom. The van der Waals surface area contributed by atoms with Gasteiger partial charge in [-0.1, -0.05) is 6.92 Å². The zero-order valence-electron chi connectivity index (χ0n) is 12.3. The van der Waals surface area contributed by atoms with Gasteiger partial charge in [-0.25, -0.2) is 9.59 Å². The van der Waals surface area contributed by atoms with E-state index in [0.29, 0.717) is 0 Å². The molecule has 21 heavy (non-hydrogen) atoms. The van der Waals surface area contributed by atoms with Gasteiger partial charge in [0.25, 0.3) is 0 Å². The number of nitrogens with one attached hydrogen (secondary N) is 2. The van der Waals surface area contributed by atoms with E-state index >= 15 is 0 Å². The third-order valence-electron chi connectivity index (χ3n) is 3.47. The second-order valence-electron chi connectivity index (χ2n) is 5.29. The summed E-state index contributed by atoms with van der Waals surface area (Å²) in [6.07, 6.45) is 2.35. The average molecular weight is 300 g/mol. The molecule has 5 N–H and O–H groups in total. The molecule has 120 valence electrons. The Morgan fingerprint density at radius 1 is 1.33 bits per heavy atom. The summed E-state index contributed by atoms with van der Waals surface area (Å²) in [5, 5.41) is 13.9. The van der Waals surface area contributed by atoms with Crippen molar-refractivity contribution < 1.29 is 19.5 Å². The smallest absolute Gasteiger partial charge is 0.326 e. The predicted molar refractivity (Wildman–Crippen MR) is 76.7 cm³/mol. The molecule has 1 aliphatic heterocycles. The maximum atomic E-state index is 11.8. The highest BCUT2D eigenvalue weighted by molar-refractivity contribution is 5.87. The second-order valence-corrected chi connectivity index (χ2v) is 5.29. The maximum Gasteiger partial charge on any atom is 0.326 e. The minimum absolute atomic E-state index is 0.0288. The molecule has 0 unspecified atom stereocenters. The first-order valence-electron chi connectivity index (χ1n) is 7.22. The van der Waals surface area contributed by atoms with Gasteiger partial charge < -0.3 is 26.4 Å². The second kappa shape index (κ2) is 8.46. The lowest BCUT2D eigenvalue weighted by Crippen LogP contribution is -2.52. The number of hydrogen-bond donors (Lipinski definition) is 4. The van der Waals surface area contributed by atoms with Crippen molar-refractivity contribution in [3.63, 3.8) is 0 Å². The van der Waals surface area contributed by atoms with Crippen LogP contribution in [-0.2, 0) is 9.59 Å². The number of carboxylic acids is 1. The monoisotopic (exact) mass is 300 g/mol. The van der Waals surface area contributed by atoms with E-state index in [-0.39, 0.29) is 6.04 Å². The van der Waals surface area contributed by atoms with Crippen LogP contribution in [0.15, 0.2) is 0 Å². The lowest BCUT2D eigenvalue weighted by Gasteiger charge is -2.32. The van der Waals surface area contributed by atoms with Crippen LogP contribution in [0.5, 0.6) is 0 Å². The van der Waals surface area contributed by atoms with Gasteiger partial charge in [-0.15, -0.1) is 0 Å². The predicted octanol–water partition coefficient (Wildman–Crippen LogP) is -0.511. The summed E-state index contributed by atoms with van der Waals surface area (Å²) < 4.78 is 0. The Balaban J connectivity index is 2.36. The number of nitrogens with two attached hydrogens (primary N) is 1. The van der Waals surface area contributed by atoms with Gasteiger partial charge >= 0.3 is 12.0 Å². The van der Waals surface area contributed by atoms with Crippen LogP contribution in [0, 0.1) is 0 Å². The number of piperidine rings is 1. The maximum absolute atomic E-state index is 11.8. The van der Waals surface area contributed by atoms with Gasteiger partial charge in [0.15, 0.2) is 0 Å². The van der Waals surface area contributed by atoms with Crippen molar-refractivity contribution in [3.8, 4) is 0 Å². The molecule has 0 spiro atoms. The lowest BCUT2D eigenvalue weighted by molar-refractivity contribution is -0.140. The molecule has 0 aromatic carbocycles. The van der Waals surface area contributed by atoms with Gasteiger partial charge in [0.05, 0.1) is 6.42 Å². The first-order chi connectivity index (χ1) is 9.92. The largest absolute Gasteiger partial charge is 0.480 e. The summed E-state index contributed by atoms with van der Waals surface area (Å²) in [7, 11) is 0. The molecule has 8 heteroatoms. The first kappa shape index (κ1) is 17.2. The molecule has 1 rings (SSSR count). The van der Waals surface area contributed by atoms with E-state index in [1.165, 1.54) is 0 Å². The molecule has 0 aromatic rings. The molecule has 1 aliphatic rings. The fourth-order valence-corrected chi connectivity index (χ4v) is 2.40. The van der Waals surface area contributed by atoms with Gasteiger partial charge in [0.1, 0.15) is 6.04 Å². The summed E-state index contributed by atoms with van der Waals surface area (Å²) in [4.78, 5) is 35.8. The first-order valence-corrected chi connectivity index (χ1v) is 7.22. The fraction of sp³-hybridized carbons (Fsp3) is 0.769. The summed E-state index contributed by atoms with van der Waals surface area (Å²) >= 11 is 0. The molecule has 1 heterocycles. The quantitative estimate of drug-likeness (QED) is 0.504. The van der Waals surface area contributed by atoms with E-state index in [0.717, 1.165) is 38.9 Å². The number of rotatable bonds is 7. The highest BCUT2D eigenvalue weighted by Crippen LogP contribution is 2.10. The Bertz CT molecular complexity index is 380. The third kappa shape index (κ3) is 6.44. The minimum atomic E-state index is -1.29. The normalized spacial score (nSPS) is 18.0. The highest BCUT2D eigenvalue weighted by atomic mass is 16.4. The van der Waals surface area contributed by atoms with Crippen molar-refractivity contribution in [2.75, 3.05) is 19.6 Å². The molecule has 8 nitrogen and oxygen atoms in total. The number of aliphatic carboxylic acids is 1. The van der Waals surface area contributed by atoms with Crippen LogP contribution in [0.25, 0.3) is 0 Å². The van der Waals surface area contributed by atoms with Crippen molar-refractivity contribution in [2.24, 2.45) is 5.73 Å². The van der Waals surface area contributed by atoms with Crippen LogP contribution >= 0.6 is 0 Å². The Labute approximate surface area is 124 Å². The fourth-order valence-electron chi connectivity index (χ4n) is 2.40. The molecule has 1 atom stereocenters. The van der Waals surface area contributed by atoms with Crippen molar-refractivity contribution in [3.05, 3.63) is 0 Å². The number of amides is 3. The van der Waals surface area contributed by atoms with Crippen molar-refractivity contribution in [1.82, 2.24) is 15.5 Å². The Morgan fingerprint density at radius 3 is 2.43 bits per heavy atom. The Kier molecular flexibility index (Phi) is 6.93. The molecule has 0 radical (unpaired) electrons. The van der Waals surface area contributed by atoms with Gasteiger partial charge in [-0.05, 0) is 25.8 Å². The molecule has 0 bridgehead atoms. The van der Waals surface area contributed by atoms with E-state index in [4.69, 9.17) is 10.8 Å². The van der Waals surface area contributed by atoms with Crippen LogP contribution in [0.4, 0.5) is 4.79 Å². The molecule has 1 fully saturated rings. The third-order valence-corrected chi connectivity index (χ3v) is 3.47. The number of urea groups is 1. The SMILES string of the molecule is CCCN1CCC(NC(=O)N[C@H](CC(N)=O)C(=O)O)CC1. The van der Waals surface area contributed by atoms with Gasteiger partial charge in [-0.2, -0.15) is 0 Å². The van der Waals surface area contributed by atoms with Crippen LogP contribution in [-0.4, -0.2) is 59.6 Å². The van der Waals surface area contributed by atoms with Crippen LogP contribution < -0.4 is 16.4 Å². The zero-order valence-corrected chi connectivity index (χ0v) is 12.3. The average Bonchev–Trinajstić information content (AvgIpc) is 2.40. The zero-order chi connectivity index (χ0) is 15.8. The lowest BCUT2D eigenvalue weighted by atomic mass is 10.1. The molecular formula is C13H24N4O4. The molecule has 0 saturated carbocycles. The number of hydrogen-bond acceptors (Lipinski definition) is 4. The van der Waals surface area contributed by atoms with Gasteiger partial charge in [-0.3, -0.25) is 4.79 Å². The van der Waals surface area contributed by atoms with Crippen LogP contribution in [0.1, 0.15) is 32.6 Å². The standard InChI is InChI=1S/C13H24N4O4/c1-2-5-17-6-3-9(4-7-17)15-13(21)16-10(12(19)20)8-11(14)18/h9-10H,2-8H2,1H3,(H2,14,18)(H,19,20)(H2,15,16,21)/t10-/m1/s1. The summed E-state index contributed by atoms with van der Waals surface area (Å²) in [6.45, 7) is 5.02. The number of nitrogens with zero attached hydrogens (tertiary/aromatic N) is 1. The number of carbonyl (C=O) groups is 3. The summed E-state index contributed by atoms with van der Waals surface area (Å²) in [5.41, 5.74) is 4.96. The Hall–Kier alpha value is -1.83. The van der Waals surface area contributed by atoms with Crippen molar-refractivity contribution in [2.45, 2.75) is 44.7 Å². The van der Waals surface area contributed by atoms with Gasteiger partial charge in [0.2, 0.25) is 5.91 Å². The minimum Gasteiger partial charge on any atom is -0.480 e. The van der Waals surface area contributed by atoms with E-state index in [1.54, 1.807) is 0 Å². The van der Waals surface area contributed by atoms with Gasteiger partial charge in [0, 0.05) is 19.1 Å². The number of carbonyl (C=O) groups excluding carboxylic acids is 2. The van der Waals surface area contributed by atoms with Crippen LogP contribution in [0.3, 0.4) is 0 Å². The topological polar surface area (TPSA) is 125 Å². The van der Waals surface area contributed by atoms with Crippen LogP contribution in [0.2, 0.25) is 0 Å². The summed E-state index contributed by atoms with van der Waals surface area (Å²) in [5.74, 6) is -2.04. The van der Waals surface area contributed by atoms with Crippen molar-refractivity contribution in [1.29, 1.82) is 0 Å². The molecule has 3 amide bonds. The summed E-state index contributed by atoms with van der Waals surface area (Å²) in [6, 6.07) is -1.83. The van der Waals surface area contributed by atoms with E-state index in [9.17, 15) is 14.4 Å².